The Balaban J connectivity index is 1.37. The minimum absolute atomic E-state index is 0.0211. The number of hydrogen-bond donors (Lipinski definition) is 1. The summed E-state index contributed by atoms with van der Waals surface area (Å²) in [6.45, 7) is 12.5. The molecular formula is C29H42O7. The van der Waals surface area contributed by atoms with Crippen LogP contribution in [0.4, 0.5) is 0 Å². The molecule has 0 aromatic heterocycles. The highest BCUT2D eigenvalue weighted by Crippen LogP contribution is 2.82. The molecule has 6 aliphatic rings. The molecule has 2 aliphatic heterocycles. The Hall–Kier alpha value is -1.28. The minimum Gasteiger partial charge on any atom is -0.481 e. The summed E-state index contributed by atoms with van der Waals surface area (Å²) >= 11 is 0. The Bertz CT molecular complexity index is 988. The molecule has 200 valence electrons. The fourth-order valence-electron chi connectivity index (χ4n) is 9.99. The van der Waals surface area contributed by atoms with Crippen molar-refractivity contribution < 1.29 is 33.6 Å². The SMILES string of the molecule is CC(C)C1=CC2CC3(C=O)[C@@H]4CC[C@@H](C)[C@H]4CC2(CO[C@H]2C[C@@H]4OC(C)(C)O[C@@H]4[C@@H](C)O2)C13C(=O)O. The number of allylic oxidation sites excluding steroid dienone is 1. The van der Waals surface area contributed by atoms with Gasteiger partial charge in [0.2, 0.25) is 0 Å². The number of ether oxygens (including phenoxy) is 4. The number of aldehydes is 1. The first-order chi connectivity index (χ1) is 16.9. The Labute approximate surface area is 214 Å². The molecule has 11 atom stereocenters. The maximum Gasteiger partial charge on any atom is 0.315 e. The molecule has 0 amide bonds. The standard InChI is InChI=1S/C29H42O7/c1-15(2)21-9-18-11-27(13-30)20-8-7-16(3)19(20)12-28(18,29(21,27)25(31)32)14-33-23-10-22-24(17(4)34-23)36-26(5,6)35-22/h9,13,15-20,22-24H,7-8,10-12,14H2,1-6H3,(H,31,32)/t16-,17-,18?,19-,20-,22+,23-,24-,27?,28?,29?/m1/s1. The van der Waals surface area contributed by atoms with Crippen molar-refractivity contribution in [3.05, 3.63) is 11.6 Å². The molecule has 1 N–H and O–H groups in total. The molecule has 4 bridgehead atoms. The van der Waals surface area contributed by atoms with Crippen LogP contribution >= 0.6 is 0 Å². The van der Waals surface area contributed by atoms with Gasteiger partial charge in [0.05, 0.1) is 24.2 Å². The summed E-state index contributed by atoms with van der Waals surface area (Å²) in [4.78, 5) is 26.7. The lowest BCUT2D eigenvalue weighted by Crippen LogP contribution is -2.63. The van der Waals surface area contributed by atoms with Crippen LogP contribution < -0.4 is 0 Å². The van der Waals surface area contributed by atoms with E-state index < -0.39 is 34.3 Å². The van der Waals surface area contributed by atoms with Gasteiger partial charge in [0.25, 0.3) is 0 Å². The first-order valence-electron chi connectivity index (χ1n) is 14.0. The molecule has 0 aromatic carbocycles. The molecule has 0 radical (unpaired) electrons. The summed E-state index contributed by atoms with van der Waals surface area (Å²) in [6.07, 6.45) is 6.29. The van der Waals surface area contributed by atoms with Crippen molar-refractivity contribution in [2.24, 2.45) is 45.8 Å². The van der Waals surface area contributed by atoms with Crippen molar-refractivity contribution in [1.29, 1.82) is 0 Å². The van der Waals surface area contributed by atoms with Crippen LogP contribution in [0.2, 0.25) is 0 Å². The van der Waals surface area contributed by atoms with Gasteiger partial charge in [-0.05, 0) is 69.6 Å². The fourth-order valence-corrected chi connectivity index (χ4v) is 9.99. The van der Waals surface area contributed by atoms with E-state index in [0.717, 1.165) is 31.1 Å². The lowest BCUT2D eigenvalue weighted by molar-refractivity contribution is -0.248. The van der Waals surface area contributed by atoms with Crippen LogP contribution in [0.5, 0.6) is 0 Å². The molecule has 3 saturated carbocycles. The third kappa shape index (κ3) is 2.89. The van der Waals surface area contributed by atoms with Crippen LogP contribution in [0.3, 0.4) is 0 Å². The Kier molecular flexibility index (Phi) is 5.47. The van der Waals surface area contributed by atoms with E-state index in [1.165, 1.54) is 0 Å². The highest BCUT2D eigenvalue weighted by atomic mass is 16.8. The van der Waals surface area contributed by atoms with Crippen LogP contribution in [-0.2, 0) is 28.5 Å². The van der Waals surface area contributed by atoms with Crippen molar-refractivity contribution in [2.75, 3.05) is 6.61 Å². The average molecular weight is 503 g/mol. The van der Waals surface area contributed by atoms with Gasteiger partial charge < -0.3 is 28.8 Å². The number of fused-ring (bicyclic) bond motifs is 3. The zero-order valence-corrected chi connectivity index (χ0v) is 22.5. The lowest BCUT2D eigenvalue weighted by atomic mass is 9.43. The Morgan fingerprint density at radius 3 is 2.64 bits per heavy atom. The smallest absolute Gasteiger partial charge is 0.315 e. The van der Waals surface area contributed by atoms with Crippen molar-refractivity contribution in [3.8, 4) is 0 Å². The zero-order chi connectivity index (χ0) is 25.8. The van der Waals surface area contributed by atoms with Gasteiger partial charge in [0.15, 0.2) is 12.1 Å². The molecule has 0 spiro atoms. The molecule has 4 unspecified atom stereocenters. The molecule has 6 rings (SSSR count). The second kappa shape index (κ2) is 7.87. The molecule has 0 aromatic rings. The van der Waals surface area contributed by atoms with Gasteiger partial charge in [-0.1, -0.05) is 38.8 Å². The quantitative estimate of drug-likeness (QED) is 0.420. The number of aliphatic carboxylic acids is 1. The van der Waals surface area contributed by atoms with Gasteiger partial charge in [0.1, 0.15) is 17.8 Å². The van der Waals surface area contributed by atoms with E-state index in [9.17, 15) is 14.7 Å². The third-order valence-electron chi connectivity index (χ3n) is 11.1. The average Bonchev–Trinajstić information content (AvgIpc) is 3.47. The molecule has 2 heterocycles. The topological polar surface area (TPSA) is 91.3 Å². The largest absolute Gasteiger partial charge is 0.481 e. The number of carboxylic acid groups (broad SMARTS) is 1. The van der Waals surface area contributed by atoms with E-state index in [-0.39, 0.29) is 42.7 Å². The van der Waals surface area contributed by atoms with E-state index >= 15 is 0 Å². The number of rotatable bonds is 6. The van der Waals surface area contributed by atoms with Crippen molar-refractivity contribution in [3.63, 3.8) is 0 Å². The highest BCUT2D eigenvalue weighted by molar-refractivity contribution is 5.90. The van der Waals surface area contributed by atoms with Gasteiger partial charge in [-0.15, -0.1) is 0 Å². The summed E-state index contributed by atoms with van der Waals surface area (Å²) in [5.74, 6) is -0.471. The molecule has 2 saturated heterocycles. The highest BCUT2D eigenvalue weighted by Gasteiger charge is 2.84. The predicted octanol–water partition coefficient (Wildman–Crippen LogP) is 4.58. The molecule has 7 heteroatoms. The van der Waals surface area contributed by atoms with E-state index in [2.05, 4.69) is 26.8 Å². The van der Waals surface area contributed by atoms with Crippen LogP contribution in [0, 0.1) is 45.8 Å². The van der Waals surface area contributed by atoms with Gasteiger partial charge >= 0.3 is 5.97 Å². The van der Waals surface area contributed by atoms with Crippen LogP contribution in [0.25, 0.3) is 0 Å². The zero-order valence-electron chi connectivity index (χ0n) is 22.5. The number of carbonyl (C=O) groups excluding carboxylic acids is 1. The van der Waals surface area contributed by atoms with E-state index in [4.69, 9.17) is 18.9 Å². The van der Waals surface area contributed by atoms with Gasteiger partial charge in [-0.2, -0.15) is 0 Å². The summed E-state index contributed by atoms with van der Waals surface area (Å²) in [7, 11) is 0. The molecule has 7 nitrogen and oxygen atoms in total. The predicted molar refractivity (Wildman–Crippen MR) is 131 cm³/mol. The van der Waals surface area contributed by atoms with E-state index in [1.807, 2.05) is 20.8 Å². The Morgan fingerprint density at radius 1 is 1.22 bits per heavy atom. The van der Waals surface area contributed by atoms with Crippen LogP contribution in [0.15, 0.2) is 11.6 Å². The van der Waals surface area contributed by atoms with E-state index in [0.29, 0.717) is 24.7 Å². The van der Waals surface area contributed by atoms with Crippen molar-refractivity contribution in [1.82, 2.24) is 0 Å². The fraction of sp³-hybridized carbons (Fsp3) is 0.862. The number of carboxylic acids is 1. The van der Waals surface area contributed by atoms with Crippen molar-refractivity contribution >= 4 is 12.3 Å². The summed E-state index contributed by atoms with van der Waals surface area (Å²) in [5.41, 5.74) is -1.79. The van der Waals surface area contributed by atoms with Gasteiger partial charge in [-0.3, -0.25) is 4.79 Å². The summed E-state index contributed by atoms with van der Waals surface area (Å²) in [6, 6.07) is 0. The van der Waals surface area contributed by atoms with Gasteiger partial charge in [-0.25, -0.2) is 0 Å². The second-order valence-corrected chi connectivity index (χ2v) is 13.4. The molecule has 36 heavy (non-hydrogen) atoms. The molecular weight excluding hydrogens is 460 g/mol. The first kappa shape index (κ1) is 25.0. The summed E-state index contributed by atoms with van der Waals surface area (Å²) in [5, 5.41) is 11.1. The normalized spacial score (nSPS) is 52.2. The first-order valence-corrected chi connectivity index (χ1v) is 14.0. The number of hydrogen-bond acceptors (Lipinski definition) is 6. The molecule has 4 aliphatic carbocycles. The molecule has 5 fully saturated rings. The van der Waals surface area contributed by atoms with Crippen LogP contribution in [0.1, 0.15) is 73.6 Å². The minimum atomic E-state index is -1.22. The third-order valence-corrected chi connectivity index (χ3v) is 11.1. The van der Waals surface area contributed by atoms with Crippen LogP contribution in [-0.4, -0.2) is 54.4 Å². The second-order valence-electron chi connectivity index (χ2n) is 13.4. The maximum absolute atomic E-state index is 13.6. The lowest BCUT2D eigenvalue weighted by Gasteiger charge is -2.58. The van der Waals surface area contributed by atoms with Gasteiger partial charge in [0, 0.05) is 11.8 Å². The monoisotopic (exact) mass is 502 g/mol. The maximum atomic E-state index is 13.6. The summed E-state index contributed by atoms with van der Waals surface area (Å²) < 4.78 is 25.0. The van der Waals surface area contributed by atoms with E-state index in [1.54, 1.807) is 0 Å². The number of carbonyl (C=O) groups is 2. The Morgan fingerprint density at radius 2 is 1.97 bits per heavy atom. The van der Waals surface area contributed by atoms with Crippen molar-refractivity contribution in [2.45, 2.75) is 104 Å².